The first kappa shape index (κ1) is 15.2. The van der Waals surface area contributed by atoms with Crippen LogP contribution in [0.4, 0.5) is 11.4 Å². The minimum absolute atomic E-state index is 0.992. The summed E-state index contributed by atoms with van der Waals surface area (Å²) in [5.41, 5.74) is 6.38. The SMILES string of the molecule is Cc1ccc(Nc2ccc(C)cc2-n2cccn2)c(-n2cccn2)c1. The molecule has 1 N–H and O–H groups in total. The molecule has 25 heavy (non-hydrogen) atoms. The Hall–Kier alpha value is -3.34. The van der Waals surface area contributed by atoms with Gasteiger partial charge in [-0.1, -0.05) is 12.1 Å². The van der Waals surface area contributed by atoms with Crippen molar-refractivity contribution in [2.75, 3.05) is 5.32 Å². The van der Waals surface area contributed by atoms with Gasteiger partial charge in [0, 0.05) is 24.8 Å². The Morgan fingerprint density at radius 3 is 1.60 bits per heavy atom. The van der Waals surface area contributed by atoms with Crippen LogP contribution in [0.5, 0.6) is 0 Å². The normalized spacial score (nSPS) is 10.8. The quantitative estimate of drug-likeness (QED) is 0.603. The van der Waals surface area contributed by atoms with Gasteiger partial charge in [-0.15, -0.1) is 0 Å². The summed E-state index contributed by atoms with van der Waals surface area (Å²) in [6.07, 6.45) is 7.47. The summed E-state index contributed by atoms with van der Waals surface area (Å²) in [6, 6.07) is 16.4. The maximum atomic E-state index is 4.38. The lowest BCUT2D eigenvalue weighted by atomic mass is 10.1. The second kappa shape index (κ2) is 6.28. The zero-order valence-corrected chi connectivity index (χ0v) is 14.2. The molecule has 5 heteroatoms. The molecule has 2 aromatic heterocycles. The lowest BCUT2D eigenvalue weighted by molar-refractivity contribution is 0.876. The molecule has 0 amide bonds. The van der Waals surface area contributed by atoms with Gasteiger partial charge in [-0.3, -0.25) is 0 Å². The second-order valence-electron chi connectivity index (χ2n) is 6.07. The molecule has 0 aliphatic rings. The highest BCUT2D eigenvalue weighted by molar-refractivity contribution is 5.74. The van der Waals surface area contributed by atoms with Crippen molar-refractivity contribution in [1.29, 1.82) is 0 Å². The molecule has 124 valence electrons. The van der Waals surface area contributed by atoms with Gasteiger partial charge in [0.1, 0.15) is 0 Å². The van der Waals surface area contributed by atoms with E-state index in [0.717, 1.165) is 22.7 Å². The molecule has 4 rings (SSSR count). The Morgan fingerprint density at radius 1 is 0.720 bits per heavy atom. The van der Waals surface area contributed by atoms with Crippen LogP contribution in [-0.4, -0.2) is 19.6 Å². The average Bonchev–Trinajstić information content (AvgIpc) is 3.31. The number of aromatic nitrogens is 4. The number of hydrogen-bond acceptors (Lipinski definition) is 3. The van der Waals surface area contributed by atoms with E-state index in [1.807, 2.05) is 33.9 Å². The minimum Gasteiger partial charge on any atom is -0.352 e. The van der Waals surface area contributed by atoms with Gasteiger partial charge in [0.05, 0.1) is 22.7 Å². The molecule has 0 aliphatic carbocycles. The Bertz CT molecular complexity index is 903. The lowest BCUT2D eigenvalue weighted by Gasteiger charge is -2.16. The van der Waals surface area contributed by atoms with E-state index in [1.54, 1.807) is 12.4 Å². The number of nitrogens with one attached hydrogen (secondary N) is 1. The van der Waals surface area contributed by atoms with E-state index in [1.165, 1.54) is 11.1 Å². The number of rotatable bonds is 4. The summed E-state index contributed by atoms with van der Waals surface area (Å²) in [6.45, 7) is 4.16. The lowest BCUT2D eigenvalue weighted by Crippen LogP contribution is -2.05. The Kier molecular flexibility index (Phi) is 3.82. The Morgan fingerprint density at radius 2 is 1.20 bits per heavy atom. The molecule has 0 atom stereocenters. The van der Waals surface area contributed by atoms with Crippen molar-refractivity contribution in [2.45, 2.75) is 13.8 Å². The van der Waals surface area contributed by atoms with Gasteiger partial charge < -0.3 is 5.32 Å². The summed E-state index contributed by atoms with van der Waals surface area (Å²) < 4.78 is 3.74. The topological polar surface area (TPSA) is 47.7 Å². The van der Waals surface area contributed by atoms with Crippen LogP contribution >= 0.6 is 0 Å². The minimum atomic E-state index is 0.992. The zero-order valence-electron chi connectivity index (χ0n) is 14.2. The van der Waals surface area contributed by atoms with Crippen molar-refractivity contribution in [2.24, 2.45) is 0 Å². The molecule has 0 aliphatic heterocycles. The van der Waals surface area contributed by atoms with Gasteiger partial charge in [0.2, 0.25) is 0 Å². The van der Waals surface area contributed by atoms with E-state index in [-0.39, 0.29) is 0 Å². The molecule has 0 radical (unpaired) electrons. The molecule has 4 aromatic rings. The summed E-state index contributed by atoms with van der Waals surface area (Å²) in [7, 11) is 0. The number of anilines is 2. The molecule has 0 saturated heterocycles. The third-order valence-electron chi connectivity index (χ3n) is 4.08. The van der Waals surface area contributed by atoms with Crippen LogP contribution in [0.2, 0.25) is 0 Å². The van der Waals surface area contributed by atoms with Crippen molar-refractivity contribution in [3.63, 3.8) is 0 Å². The Balaban J connectivity index is 1.80. The third-order valence-corrected chi connectivity index (χ3v) is 4.08. The van der Waals surface area contributed by atoms with Crippen LogP contribution < -0.4 is 5.32 Å². The molecular weight excluding hydrogens is 310 g/mol. The van der Waals surface area contributed by atoms with E-state index in [0.29, 0.717) is 0 Å². The second-order valence-corrected chi connectivity index (χ2v) is 6.07. The van der Waals surface area contributed by atoms with Crippen molar-refractivity contribution < 1.29 is 0 Å². The molecule has 0 saturated carbocycles. The van der Waals surface area contributed by atoms with Crippen LogP contribution in [0, 0.1) is 13.8 Å². The van der Waals surface area contributed by atoms with E-state index >= 15 is 0 Å². The van der Waals surface area contributed by atoms with Gasteiger partial charge in [-0.05, 0) is 61.4 Å². The van der Waals surface area contributed by atoms with Gasteiger partial charge >= 0.3 is 0 Å². The van der Waals surface area contributed by atoms with Gasteiger partial charge in [0.15, 0.2) is 0 Å². The number of benzene rings is 2. The zero-order chi connectivity index (χ0) is 17.2. The molecule has 5 nitrogen and oxygen atoms in total. The highest BCUT2D eigenvalue weighted by atomic mass is 15.3. The molecule has 0 unspecified atom stereocenters. The van der Waals surface area contributed by atoms with Crippen molar-refractivity contribution in [3.05, 3.63) is 84.4 Å². The smallest absolute Gasteiger partial charge is 0.0882 e. The monoisotopic (exact) mass is 329 g/mol. The highest BCUT2D eigenvalue weighted by Crippen LogP contribution is 2.29. The van der Waals surface area contributed by atoms with Crippen molar-refractivity contribution in [3.8, 4) is 11.4 Å². The van der Waals surface area contributed by atoms with E-state index in [9.17, 15) is 0 Å². The van der Waals surface area contributed by atoms with E-state index < -0.39 is 0 Å². The molecular formula is C20H19N5. The predicted molar refractivity (Wildman–Crippen MR) is 99.9 cm³/mol. The van der Waals surface area contributed by atoms with Gasteiger partial charge in [0.25, 0.3) is 0 Å². The number of nitrogens with zero attached hydrogens (tertiary/aromatic N) is 4. The third kappa shape index (κ3) is 3.04. The van der Waals surface area contributed by atoms with Crippen molar-refractivity contribution >= 4 is 11.4 Å². The highest BCUT2D eigenvalue weighted by Gasteiger charge is 2.10. The first-order valence-corrected chi connectivity index (χ1v) is 8.19. The number of aryl methyl sites for hydroxylation is 2. The van der Waals surface area contributed by atoms with Crippen molar-refractivity contribution in [1.82, 2.24) is 19.6 Å². The largest absolute Gasteiger partial charge is 0.352 e. The fourth-order valence-corrected chi connectivity index (χ4v) is 2.84. The molecule has 0 fully saturated rings. The van der Waals surface area contributed by atoms with Crippen LogP contribution in [0.3, 0.4) is 0 Å². The fourth-order valence-electron chi connectivity index (χ4n) is 2.84. The van der Waals surface area contributed by atoms with Gasteiger partial charge in [-0.2, -0.15) is 10.2 Å². The van der Waals surface area contributed by atoms with Crippen LogP contribution in [0.25, 0.3) is 11.4 Å². The summed E-state index contributed by atoms with van der Waals surface area (Å²) in [4.78, 5) is 0. The maximum absolute atomic E-state index is 4.38. The molecule has 0 spiro atoms. The first-order valence-electron chi connectivity index (χ1n) is 8.19. The molecule has 2 heterocycles. The van der Waals surface area contributed by atoms with E-state index in [4.69, 9.17) is 0 Å². The average molecular weight is 329 g/mol. The maximum Gasteiger partial charge on any atom is 0.0882 e. The van der Waals surface area contributed by atoms with Crippen LogP contribution in [-0.2, 0) is 0 Å². The molecule has 0 bridgehead atoms. The summed E-state index contributed by atoms with van der Waals surface area (Å²) >= 11 is 0. The molecule has 2 aromatic carbocycles. The fraction of sp³-hybridized carbons (Fsp3) is 0.100. The van der Waals surface area contributed by atoms with Crippen LogP contribution in [0.1, 0.15) is 11.1 Å². The Labute approximate surface area is 146 Å². The first-order chi connectivity index (χ1) is 12.2. The van der Waals surface area contributed by atoms with Crippen LogP contribution in [0.15, 0.2) is 73.3 Å². The van der Waals surface area contributed by atoms with Gasteiger partial charge in [-0.25, -0.2) is 9.36 Å². The predicted octanol–water partition coefficient (Wildman–Crippen LogP) is 4.42. The number of hydrogen-bond donors (Lipinski definition) is 1. The summed E-state index contributed by atoms with van der Waals surface area (Å²) in [5.74, 6) is 0. The van der Waals surface area contributed by atoms with E-state index in [2.05, 4.69) is 65.8 Å². The summed E-state index contributed by atoms with van der Waals surface area (Å²) in [5, 5.41) is 12.3. The standard InChI is InChI=1S/C20H19N5/c1-15-5-7-17(19(13-15)24-11-3-9-21-24)23-18-8-6-16(2)14-20(18)25-12-4-10-22-25/h3-14,23H,1-2H3.